The van der Waals surface area contributed by atoms with Gasteiger partial charge in [-0.3, -0.25) is 9.89 Å². The van der Waals surface area contributed by atoms with Crippen LogP contribution in [0.15, 0.2) is 29.2 Å². The third-order valence-corrected chi connectivity index (χ3v) is 3.83. The van der Waals surface area contributed by atoms with Crippen molar-refractivity contribution >= 4 is 32.6 Å². The second-order valence-corrected chi connectivity index (χ2v) is 5.22. The van der Waals surface area contributed by atoms with Gasteiger partial charge < -0.3 is 5.10 Å². The number of hydrogen-bond donors (Lipinski definition) is 2. The summed E-state index contributed by atoms with van der Waals surface area (Å²) in [4.78, 5) is 21.2. The van der Waals surface area contributed by atoms with Gasteiger partial charge in [0.05, 0.1) is 17.0 Å². The topological polar surface area (TPSA) is 98.2 Å². The second kappa shape index (κ2) is 4.88. The molecule has 0 spiro atoms. The van der Waals surface area contributed by atoms with Crippen LogP contribution in [0.2, 0.25) is 0 Å². The first-order valence-corrected chi connectivity index (χ1v) is 7.03. The molecule has 4 aromatic rings. The Bertz CT molecular complexity index is 1170. The van der Waals surface area contributed by atoms with E-state index in [-0.39, 0.29) is 5.56 Å². The van der Waals surface area contributed by atoms with E-state index in [9.17, 15) is 9.18 Å². The van der Waals surface area contributed by atoms with Crippen molar-refractivity contribution in [3.63, 3.8) is 0 Å². The first kappa shape index (κ1) is 13.4. The number of aromatic amines is 2. The highest BCUT2D eigenvalue weighted by molar-refractivity contribution is 6.22. The summed E-state index contributed by atoms with van der Waals surface area (Å²) in [7, 11) is 0. The van der Waals surface area contributed by atoms with E-state index >= 15 is 0 Å². The average molecular weight is 307 g/mol. The molecular weight excluding hydrogens is 297 g/mol. The Morgan fingerprint density at radius 2 is 1.96 bits per heavy atom. The maximum atomic E-state index is 13.7. The third-order valence-electron chi connectivity index (χ3n) is 3.83. The van der Waals surface area contributed by atoms with Gasteiger partial charge in [-0.25, -0.2) is 14.4 Å². The highest BCUT2D eigenvalue weighted by atomic mass is 19.1. The van der Waals surface area contributed by atoms with Crippen molar-refractivity contribution in [2.45, 2.75) is 12.8 Å². The zero-order valence-corrected chi connectivity index (χ0v) is 11.9. The van der Waals surface area contributed by atoms with Crippen molar-refractivity contribution in [1.82, 2.24) is 20.2 Å². The Labute approximate surface area is 128 Å². The van der Waals surface area contributed by atoms with E-state index in [0.29, 0.717) is 51.2 Å². The van der Waals surface area contributed by atoms with E-state index in [0.717, 1.165) is 0 Å². The number of nitrogens with zero attached hydrogens (tertiary/aromatic N) is 3. The number of benzene rings is 2. The lowest BCUT2D eigenvalue weighted by molar-refractivity contribution is 0.630. The minimum atomic E-state index is -0.422. The van der Waals surface area contributed by atoms with Gasteiger partial charge in [-0.05, 0) is 18.2 Å². The van der Waals surface area contributed by atoms with Crippen LogP contribution in [-0.4, -0.2) is 20.2 Å². The molecule has 0 fully saturated rings. The van der Waals surface area contributed by atoms with E-state index in [1.807, 2.05) is 0 Å². The van der Waals surface area contributed by atoms with Gasteiger partial charge in [0, 0.05) is 35.2 Å². The van der Waals surface area contributed by atoms with Crippen LogP contribution < -0.4 is 5.56 Å². The quantitative estimate of drug-likeness (QED) is 0.556. The van der Waals surface area contributed by atoms with Gasteiger partial charge in [0.25, 0.3) is 5.56 Å². The summed E-state index contributed by atoms with van der Waals surface area (Å²) in [5.41, 5.74) is 0.843. The zero-order valence-electron chi connectivity index (χ0n) is 11.9. The lowest BCUT2D eigenvalue weighted by atomic mass is 10.0. The number of aryl methyl sites for hydroxylation is 1. The van der Waals surface area contributed by atoms with Crippen molar-refractivity contribution in [1.29, 1.82) is 5.26 Å². The molecule has 0 atom stereocenters. The van der Waals surface area contributed by atoms with Gasteiger partial charge in [-0.15, -0.1) is 0 Å². The van der Waals surface area contributed by atoms with Gasteiger partial charge in [-0.2, -0.15) is 5.26 Å². The predicted octanol–water partition coefficient (Wildman–Crippen LogP) is 2.55. The molecule has 0 unspecified atom stereocenters. The van der Waals surface area contributed by atoms with Crippen LogP contribution in [0.1, 0.15) is 12.2 Å². The van der Waals surface area contributed by atoms with Crippen molar-refractivity contribution in [3.8, 4) is 6.07 Å². The standard InChI is InChI=1S/C16H10FN5O/c17-8-3-4-9-10(6-8)13-11(7-19-22-16(13)23)15-14(9)20-12(21-15)2-1-5-18/h3-4,6-7,19H,1-2H2,(H,22,23). The number of H-pyrrole nitrogens is 2. The molecule has 2 heterocycles. The van der Waals surface area contributed by atoms with Crippen LogP contribution in [0.3, 0.4) is 0 Å². The maximum Gasteiger partial charge on any atom is 0.270 e. The fraction of sp³-hybridized carbons (Fsp3) is 0.125. The molecule has 0 aliphatic carbocycles. The highest BCUT2D eigenvalue weighted by Crippen LogP contribution is 2.32. The number of rotatable bonds is 2. The Morgan fingerprint density at radius 1 is 1.17 bits per heavy atom. The van der Waals surface area contributed by atoms with E-state index in [2.05, 4.69) is 26.2 Å². The Morgan fingerprint density at radius 3 is 2.74 bits per heavy atom. The number of aromatic nitrogens is 4. The molecule has 0 bridgehead atoms. The van der Waals surface area contributed by atoms with Crippen molar-refractivity contribution in [3.05, 3.63) is 46.4 Å². The first-order valence-electron chi connectivity index (χ1n) is 7.03. The number of halogens is 1. The molecule has 0 saturated carbocycles. The van der Waals surface area contributed by atoms with Crippen LogP contribution in [0, 0.1) is 17.1 Å². The fourth-order valence-corrected chi connectivity index (χ4v) is 2.86. The van der Waals surface area contributed by atoms with Crippen molar-refractivity contribution in [2.24, 2.45) is 0 Å². The van der Waals surface area contributed by atoms with Crippen LogP contribution in [0.4, 0.5) is 4.39 Å². The Balaban J connectivity index is 2.22. The van der Waals surface area contributed by atoms with E-state index in [1.54, 1.807) is 12.3 Å². The summed E-state index contributed by atoms with van der Waals surface area (Å²) in [6.07, 6.45) is 2.36. The largest absolute Gasteiger partial charge is 0.305 e. The molecule has 2 aromatic carbocycles. The zero-order chi connectivity index (χ0) is 16.0. The summed E-state index contributed by atoms with van der Waals surface area (Å²) in [5.74, 6) is 0.120. The predicted molar refractivity (Wildman–Crippen MR) is 83.4 cm³/mol. The molecule has 0 aliphatic heterocycles. The molecule has 7 heteroatoms. The summed E-state index contributed by atoms with van der Waals surface area (Å²) in [5, 5.41) is 16.0. The highest BCUT2D eigenvalue weighted by Gasteiger charge is 2.16. The monoisotopic (exact) mass is 307 g/mol. The maximum absolute atomic E-state index is 13.7. The van der Waals surface area contributed by atoms with Gasteiger partial charge in [-0.1, -0.05) is 0 Å². The first-order chi connectivity index (χ1) is 11.2. The van der Waals surface area contributed by atoms with Gasteiger partial charge in [0.2, 0.25) is 0 Å². The van der Waals surface area contributed by atoms with Gasteiger partial charge in [0.1, 0.15) is 17.2 Å². The number of nitriles is 1. The summed E-state index contributed by atoms with van der Waals surface area (Å²) >= 11 is 0. The van der Waals surface area contributed by atoms with Crippen LogP contribution in [-0.2, 0) is 6.42 Å². The van der Waals surface area contributed by atoms with E-state index in [4.69, 9.17) is 5.26 Å². The molecule has 2 aromatic heterocycles. The van der Waals surface area contributed by atoms with E-state index < -0.39 is 5.82 Å². The normalized spacial score (nSPS) is 11.3. The molecule has 0 radical (unpaired) electrons. The lowest BCUT2D eigenvalue weighted by Gasteiger charge is -2.04. The molecule has 4 rings (SSSR count). The minimum absolute atomic E-state index is 0.313. The average Bonchev–Trinajstić information content (AvgIpc) is 2.97. The molecule has 0 aliphatic rings. The van der Waals surface area contributed by atoms with Gasteiger partial charge >= 0.3 is 0 Å². The smallest absolute Gasteiger partial charge is 0.270 e. The summed E-state index contributed by atoms with van der Waals surface area (Å²) in [6.45, 7) is 0. The number of nitrogens with one attached hydrogen (secondary N) is 2. The number of hydrogen-bond acceptors (Lipinski definition) is 4. The minimum Gasteiger partial charge on any atom is -0.305 e. The summed E-state index contributed by atoms with van der Waals surface area (Å²) in [6, 6.07) is 6.33. The molecule has 2 N–H and O–H groups in total. The number of fused-ring (bicyclic) bond motifs is 6. The van der Waals surface area contributed by atoms with Crippen LogP contribution >= 0.6 is 0 Å². The van der Waals surface area contributed by atoms with Crippen LogP contribution in [0.25, 0.3) is 32.6 Å². The molecule has 0 amide bonds. The lowest BCUT2D eigenvalue weighted by Crippen LogP contribution is -2.08. The van der Waals surface area contributed by atoms with Gasteiger partial charge in [0.15, 0.2) is 0 Å². The Hall–Kier alpha value is -3.27. The molecular formula is C16H10FN5O. The SMILES string of the molecule is N#CCCc1nc2c3ccc(F)cc3c3c(=O)[nH][nH]cc3c2n1. The Kier molecular flexibility index (Phi) is 2.84. The molecule has 6 nitrogen and oxygen atoms in total. The molecule has 0 saturated heterocycles. The second-order valence-electron chi connectivity index (χ2n) is 5.22. The third kappa shape index (κ3) is 1.96. The van der Waals surface area contributed by atoms with Crippen LogP contribution in [0.5, 0.6) is 0 Å². The van der Waals surface area contributed by atoms with Crippen molar-refractivity contribution in [2.75, 3.05) is 0 Å². The summed E-state index contributed by atoms with van der Waals surface area (Å²) < 4.78 is 13.7. The molecule has 112 valence electrons. The number of imidazole rings is 1. The fourth-order valence-electron chi connectivity index (χ4n) is 2.86. The molecule has 23 heavy (non-hydrogen) atoms. The van der Waals surface area contributed by atoms with E-state index in [1.165, 1.54) is 12.1 Å². The van der Waals surface area contributed by atoms with Crippen molar-refractivity contribution < 1.29 is 4.39 Å².